The molecule has 0 bridgehead atoms. The maximum atomic E-state index is 13.1. The molecule has 9 heteroatoms. The van der Waals surface area contributed by atoms with E-state index in [1.54, 1.807) is 6.08 Å². The molecular formula is C77H145NO8. The predicted octanol–water partition coefficient (Wildman–Crippen LogP) is 21.1. The minimum atomic E-state index is -1.57. The molecule has 1 amide bonds. The first-order valence-corrected chi connectivity index (χ1v) is 37.9. The molecule has 9 nitrogen and oxygen atoms in total. The molecule has 1 heterocycles. The molecule has 6 N–H and O–H groups in total. The van der Waals surface area contributed by atoms with Gasteiger partial charge in [0.25, 0.3) is 0 Å². The molecule has 1 rings (SSSR count). The number of nitrogens with one attached hydrogen (secondary N) is 1. The van der Waals surface area contributed by atoms with Crippen LogP contribution in [0, 0.1) is 0 Å². The molecule has 0 saturated carbocycles. The fourth-order valence-electron chi connectivity index (χ4n) is 12.2. The number of aliphatic hydroxyl groups is 5. The van der Waals surface area contributed by atoms with Crippen molar-refractivity contribution in [1.82, 2.24) is 5.32 Å². The van der Waals surface area contributed by atoms with Gasteiger partial charge in [-0.1, -0.05) is 358 Å². The maximum Gasteiger partial charge on any atom is 0.220 e. The third-order valence-electron chi connectivity index (χ3n) is 18.1. The summed E-state index contributed by atoms with van der Waals surface area (Å²) in [6, 6.07) is -0.822. The molecule has 7 atom stereocenters. The van der Waals surface area contributed by atoms with E-state index in [4.69, 9.17) is 9.47 Å². The lowest BCUT2D eigenvalue weighted by Crippen LogP contribution is -2.60. The van der Waals surface area contributed by atoms with Crippen molar-refractivity contribution in [3.05, 3.63) is 48.6 Å². The Balaban J connectivity index is 2.07. The van der Waals surface area contributed by atoms with Gasteiger partial charge in [-0.05, 0) is 64.2 Å². The third kappa shape index (κ3) is 53.9. The molecular weight excluding hydrogens is 1070 g/mol. The van der Waals surface area contributed by atoms with Crippen LogP contribution in [-0.2, 0) is 14.3 Å². The largest absolute Gasteiger partial charge is 0.394 e. The first-order chi connectivity index (χ1) is 42.3. The first-order valence-electron chi connectivity index (χ1n) is 37.9. The lowest BCUT2D eigenvalue weighted by atomic mass is 9.99. The Labute approximate surface area is 533 Å². The fourth-order valence-corrected chi connectivity index (χ4v) is 12.2. The van der Waals surface area contributed by atoms with Crippen LogP contribution >= 0.6 is 0 Å². The summed E-state index contributed by atoms with van der Waals surface area (Å²) >= 11 is 0. The van der Waals surface area contributed by atoms with Crippen LogP contribution in [0.2, 0.25) is 0 Å². The van der Waals surface area contributed by atoms with Crippen molar-refractivity contribution in [1.29, 1.82) is 0 Å². The standard InChI is InChI=1S/C77H145NO8/c1-3-5-7-9-11-13-15-17-19-21-23-25-27-29-30-31-32-33-34-35-36-37-38-39-40-41-42-43-45-47-49-51-53-55-57-59-61-63-65-67-73(81)78-70(69-85-77-76(84)75(83)74(82)72(68-79)86-77)71(80)66-64-62-60-58-56-54-52-50-48-46-44-28-26-24-22-20-18-16-14-12-10-8-6-4-2/h15,17,21,23,56,58,64,66,70-72,74-77,79-80,82-84H,3-14,16,18-20,22,24-55,57,59-63,65,67-69H2,1-2H3,(H,78,81)/b17-15-,23-21-,58-56+,66-64+. The number of ether oxygens (including phenoxy) is 2. The number of amides is 1. The molecule has 0 aromatic carbocycles. The zero-order valence-electron chi connectivity index (χ0n) is 56.8. The van der Waals surface area contributed by atoms with Crippen LogP contribution in [0.25, 0.3) is 0 Å². The van der Waals surface area contributed by atoms with E-state index in [1.807, 2.05) is 6.08 Å². The zero-order valence-corrected chi connectivity index (χ0v) is 56.8. The van der Waals surface area contributed by atoms with Gasteiger partial charge in [0.15, 0.2) is 6.29 Å². The molecule has 0 aromatic rings. The van der Waals surface area contributed by atoms with Crippen LogP contribution in [0.15, 0.2) is 48.6 Å². The third-order valence-corrected chi connectivity index (χ3v) is 18.1. The second-order valence-electron chi connectivity index (χ2n) is 26.4. The SMILES string of the molecule is CCCCCCC/C=C\C/C=C\CCCCCCCCCCCCCCCCCCCCCCCCCCCCCC(=O)NC(COC1OC(CO)C(O)C(O)C1O)C(O)/C=C/CC/C=C/CCCCCCCCCCCCCCCCCCCC. The van der Waals surface area contributed by atoms with Crippen LogP contribution in [0.3, 0.4) is 0 Å². The van der Waals surface area contributed by atoms with Gasteiger partial charge >= 0.3 is 0 Å². The van der Waals surface area contributed by atoms with Gasteiger partial charge in [-0.3, -0.25) is 4.79 Å². The number of hydrogen-bond acceptors (Lipinski definition) is 8. The summed E-state index contributed by atoms with van der Waals surface area (Å²) in [4.78, 5) is 13.1. The Morgan fingerprint density at radius 3 is 1.05 bits per heavy atom. The quantitative estimate of drug-likeness (QED) is 0.0261. The number of carbonyl (C=O) groups is 1. The van der Waals surface area contributed by atoms with E-state index in [9.17, 15) is 30.3 Å². The van der Waals surface area contributed by atoms with Crippen molar-refractivity contribution in [2.45, 2.75) is 423 Å². The Hall–Kier alpha value is -1.85. The van der Waals surface area contributed by atoms with Gasteiger partial charge in [-0.25, -0.2) is 0 Å². The molecule has 0 aromatic heterocycles. The molecule has 0 radical (unpaired) electrons. The van der Waals surface area contributed by atoms with Crippen LogP contribution in [-0.4, -0.2) is 87.5 Å². The topological polar surface area (TPSA) is 149 Å². The number of rotatable bonds is 67. The predicted molar refractivity (Wildman–Crippen MR) is 369 cm³/mol. The number of carbonyl (C=O) groups excluding carboxylic acids is 1. The number of hydrogen-bond donors (Lipinski definition) is 6. The smallest absolute Gasteiger partial charge is 0.220 e. The monoisotopic (exact) mass is 1210 g/mol. The van der Waals surface area contributed by atoms with Crippen LogP contribution in [0.4, 0.5) is 0 Å². The summed E-state index contributed by atoms with van der Waals surface area (Å²) in [5.41, 5.74) is 0. The highest BCUT2D eigenvalue weighted by Crippen LogP contribution is 2.24. The van der Waals surface area contributed by atoms with Crippen molar-refractivity contribution in [2.75, 3.05) is 13.2 Å². The van der Waals surface area contributed by atoms with Gasteiger partial charge in [0.2, 0.25) is 5.91 Å². The Morgan fingerprint density at radius 2 is 0.698 bits per heavy atom. The van der Waals surface area contributed by atoms with E-state index in [-0.39, 0.29) is 12.5 Å². The van der Waals surface area contributed by atoms with Gasteiger partial charge in [0, 0.05) is 6.42 Å². The number of allylic oxidation sites excluding steroid dienone is 7. The molecule has 1 fully saturated rings. The highest BCUT2D eigenvalue weighted by molar-refractivity contribution is 5.76. The van der Waals surface area contributed by atoms with E-state index < -0.39 is 49.5 Å². The lowest BCUT2D eigenvalue weighted by molar-refractivity contribution is -0.302. The van der Waals surface area contributed by atoms with Gasteiger partial charge in [-0.15, -0.1) is 0 Å². The average Bonchev–Trinajstić information content (AvgIpc) is 3.55. The van der Waals surface area contributed by atoms with Gasteiger partial charge in [0.05, 0.1) is 25.4 Å². The second-order valence-corrected chi connectivity index (χ2v) is 26.4. The van der Waals surface area contributed by atoms with Crippen LogP contribution < -0.4 is 5.32 Å². The van der Waals surface area contributed by atoms with E-state index in [0.717, 1.165) is 44.9 Å². The van der Waals surface area contributed by atoms with E-state index >= 15 is 0 Å². The summed E-state index contributed by atoms with van der Waals surface area (Å²) in [6.07, 6.45) is 84.0. The highest BCUT2D eigenvalue weighted by atomic mass is 16.7. The van der Waals surface area contributed by atoms with Crippen molar-refractivity contribution < 1.29 is 39.8 Å². The Bertz CT molecular complexity index is 1500. The number of unbranched alkanes of at least 4 members (excludes halogenated alkanes) is 51. The maximum absolute atomic E-state index is 13.1. The first kappa shape index (κ1) is 82.2. The normalized spacial score (nSPS) is 18.2. The minimum absolute atomic E-state index is 0.179. The van der Waals surface area contributed by atoms with Gasteiger partial charge in [-0.2, -0.15) is 0 Å². The van der Waals surface area contributed by atoms with E-state index in [2.05, 4.69) is 55.6 Å². The fraction of sp³-hybridized carbons (Fsp3) is 0.883. The lowest BCUT2D eigenvalue weighted by Gasteiger charge is -2.40. The molecule has 1 aliphatic heterocycles. The average molecular weight is 1210 g/mol. The summed E-state index contributed by atoms with van der Waals surface area (Å²) in [7, 11) is 0. The van der Waals surface area contributed by atoms with Crippen LogP contribution in [0.5, 0.6) is 0 Å². The Kier molecular flexibility index (Phi) is 63.1. The Morgan fingerprint density at radius 1 is 0.395 bits per heavy atom. The van der Waals surface area contributed by atoms with Gasteiger partial charge < -0.3 is 40.3 Å². The van der Waals surface area contributed by atoms with Crippen molar-refractivity contribution in [3.8, 4) is 0 Å². The molecule has 1 saturated heterocycles. The van der Waals surface area contributed by atoms with Crippen molar-refractivity contribution in [2.24, 2.45) is 0 Å². The molecule has 0 aliphatic carbocycles. The summed E-state index contributed by atoms with van der Waals surface area (Å²) < 4.78 is 11.3. The van der Waals surface area contributed by atoms with Gasteiger partial charge in [0.1, 0.15) is 24.4 Å². The minimum Gasteiger partial charge on any atom is -0.394 e. The van der Waals surface area contributed by atoms with Crippen LogP contribution in [0.1, 0.15) is 380 Å². The molecule has 1 aliphatic rings. The molecule has 86 heavy (non-hydrogen) atoms. The van der Waals surface area contributed by atoms with Crippen molar-refractivity contribution in [3.63, 3.8) is 0 Å². The zero-order chi connectivity index (χ0) is 62.1. The molecule has 7 unspecified atom stereocenters. The molecule has 0 spiro atoms. The van der Waals surface area contributed by atoms with E-state index in [1.165, 1.54) is 315 Å². The van der Waals surface area contributed by atoms with Crippen molar-refractivity contribution >= 4 is 5.91 Å². The second kappa shape index (κ2) is 66.1. The summed E-state index contributed by atoms with van der Waals surface area (Å²) in [6.45, 7) is 3.81. The number of aliphatic hydroxyl groups excluding tert-OH is 5. The highest BCUT2D eigenvalue weighted by Gasteiger charge is 2.44. The summed E-state index contributed by atoms with van der Waals surface area (Å²) in [5.74, 6) is -0.179. The summed E-state index contributed by atoms with van der Waals surface area (Å²) in [5, 5.41) is 54.8. The molecule has 506 valence electrons. The van der Waals surface area contributed by atoms with E-state index in [0.29, 0.717) is 6.42 Å².